The minimum absolute atomic E-state index is 0.212. The third-order valence-electron chi connectivity index (χ3n) is 6.65. The van der Waals surface area contributed by atoms with E-state index >= 15 is 0 Å². The summed E-state index contributed by atoms with van der Waals surface area (Å²) in [7, 11) is 0. The fourth-order valence-electron chi connectivity index (χ4n) is 4.61. The van der Waals surface area contributed by atoms with E-state index in [2.05, 4.69) is 43.3 Å². The van der Waals surface area contributed by atoms with Crippen molar-refractivity contribution in [2.75, 3.05) is 0 Å². The molecule has 0 saturated carbocycles. The topological polar surface area (TPSA) is 36.9 Å². The van der Waals surface area contributed by atoms with E-state index in [1.807, 2.05) is 78.9 Å². The standard InChI is InChI=1S/C33H33ClO4S/c1-24-30(35-21-25-11-5-2-6-12-25)31(36-22-26-13-7-3-8-14-26)32(37-23-27-15-9-4-10-16-27)33(38-24)39-29-19-17-28(34)18-20-29/h2-20,24,30-33H,21-23H2,1H3/t24-,30+,31+,32-,33+/m1/s1. The Morgan fingerprint density at radius 1 is 0.590 bits per heavy atom. The smallest absolute Gasteiger partial charge is 0.136 e. The van der Waals surface area contributed by atoms with Gasteiger partial charge in [-0.25, -0.2) is 0 Å². The molecule has 39 heavy (non-hydrogen) atoms. The minimum Gasteiger partial charge on any atom is -0.368 e. The summed E-state index contributed by atoms with van der Waals surface area (Å²) in [4.78, 5) is 1.05. The van der Waals surface area contributed by atoms with Crippen LogP contribution >= 0.6 is 23.4 Å². The van der Waals surface area contributed by atoms with Crippen LogP contribution in [0.4, 0.5) is 0 Å². The lowest BCUT2D eigenvalue weighted by Gasteiger charge is -2.45. The van der Waals surface area contributed by atoms with Gasteiger partial charge in [-0.05, 0) is 47.9 Å². The van der Waals surface area contributed by atoms with Gasteiger partial charge in [0, 0.05) is 9.92 Å². The average molecular weight is 561 g/mol. The number of ether oxygens (including phenoxy) is 4. The molecule has 5 atom stereocenters. The third kappa shape index (κ3) is 7.95. The first kappa shape index (κ1) is 27.9. The Morgan fingerprint density at radius 3 is 1.51 bits per heavy atom. The van der Waals surface area contributed by atoms with Crippen molar-refractivity contribution in [3.05, 3.63) is 137 Å². The Bertz CT molecular complexity index is 1260. The van der Waals surface area contributed by atoms with Crippen molar-refractivity contribution in [3.8, 4) is 0 Å². The molecule has 0 amide bonds. The lowest BCUT2D eigenvalue weighted by atomic mass is 9.99. The molecule has 1 fully saturated rings. The molecule has 4 aromatic rings. The molecule has 0 radical (unpaired) electrons. The van der Waals surface area contributed by atoms with Gasteiger partial charge in [-0.1, -0.05) is 114 Å². The van der Waals surface area contributed by atoms with Crippen LogP contribution in [0, 0.1) is 0 Å². The molecule has 0 N–H and O–H groups in total. The number of benzene rings is 4. The summed E-state index contributed by atoms with van der Waals surface area (Å²) < 4.78 is 26.4. The van der Waals surface area contributed by atoms with E-state index in [1.165, 1.54) is 0 Å². The largest absolute Gasteiger partial charge is 0.368 e. The number of halogens is 1. The summed E-state index contributed by atoms with van der Waals surface area (Å²) in [5, 5.41) is 0.701. The van der Waals surface area contributed by atoms with Gasteiger partial charge in [-0.3, -0.25) is 0 Å². The van der Waals surface area contributed by atoms with Crippen molar-refractivity contribution >= 4 is 23.4 Å². The van der Waals surface area contributed by atoms with Gasteiger partial charge in [0.1, 0.15) is 23.7 Å². The van der Waals surface area contributed by atoms with Gasteiger partial charge in [0.05, 0.1) is 25.9 Å². The van der Waals surface area contributed by atoms with Crippen LogP contribution in [-0.4, -0.2) is 29.9 Å². The van der Waals surface area contributed by atoms with E-state index in [0.29, 0.717) is 24.8 Å². The van der Waals surface area contributed by atoms with Crippen molar-refractivity contribution in [1.82, 2.24) is 0 Å². The second-order valence-electron chi connectivity index (χ2n) is 9.57. The first-order valence-corrected chi connectivity index (χ1v) is 14.5. The highest BCUT2D eigenvalue weighted by Crippen LogP contribution is 2.38. The zero-order valence-corrected chi connectivity index (χ0v) is 23.5. The van der Waals surface area contributed by atoms with E-state index in [0.717, 1.165) is 21.6 Å². The molecule has 0 aromatic heterocycles. The number of hydrogen-bond donors (Lipinski definition) is 0. The summed E-state index contributed by atoms with van der Waals surface area (Å²) in [6, 6.07) is 38.4. The zero-order chi connectivity index (χ0) is 26.9. The SMILES string of the molecule is C[C@H]1O[C@@H](Sc2ccc(Cl)cc2)[C@H](OCc2ccccc2)[C@@H](OCc2ccccc2)[C@H]1OCc1ccccc1. The molecule has 202 valence electrons. The normalized spacial score (nSPS) is 23.0. The Kier molecular flexibility index (Phi) is 10.1. The van der Waals surface area contributed by atoms with Crippen LogP contribution in [0.25, 0.3) is 0 Å². The van der Waals surface area contributed by atoms with E-state index < -0.39 is 0 Å². The summed E-state index contributed by atoms with van der Waals surface area (Å²) in [5.74, 6) is 0. The maximum atomic E-state index is 6.66. The van der Waals surface area contributed by atoms with E-state index in [-0.39, 0.29) is 29.9 Å². The van der Waals surface area contributed by atoms with Crippen molar-refractivity contribution in [2.45, 2.75) is 61.5 Å². The first-order chi connectivity index (χ1) is 19.2. The van der Waals surface area contributed by atoms with Gasteiger partial charge in [-0.15, -0.1) is 0 Å². The van der Waals surface area contributed by atoms with Crippen molar-refractivity contribution < 1.29 is 18.9 Å². The monoisotopic (exact) mass is 560 g/mol. The fraction of sp³-hybridized carbons (Fsp3) is 0.273. The third-order valence-corrected chi connectivity index (χ3v) is 8.06. The predicted molar refractivity (Wildman–Crippen MR) is 157 cm³/mol. The second-order valence-corrected chi connectivity index (χ2v) is 11.2. The van der Waals surface area contributed by atoms with Crippen molar-refractivity contribution in [1.29, 1.82) is 0 Å². The molecular weight excluding hydrogens is 528 g/mol. The van der Waals surface area contributed by atoms with Crippen LogP contribution in [0.5, 0.6) is 0 Å². The van der Waals surface area contributed by atoms with Crippen LogP contribution in [0.2, 0.25) is 5.02 Å². The lowest BCUT2D eigenvalue weighted by Crippen LogP contribution is -2.58. The van der Waals surface area contributed by atoms with Gasteiger partial charge in [-0.2, -0.15) is 0 Å². The Hall–Kier alpha value is -2.64. The fourth-order valence-corrected chi connectivity index (χ4v) is 5.90. The molecule has 4 aromatic carbocycles. The zero-order valence-electron chi connectivity index (χ0n) is 21.9. The van der Waals surface area contributed by atoms with E-state index in [4.69, 9.17) is 30.5 Å². The number of thioether (sulfide) groups is 1. The summed E-state index contributed by atoms with van der Waals surface area (Å²) in [5.41, 5.74) is 2.99. The van der Waals surface area contributed by atoms with Gasteiger partial charge in [0.2, 0.25) is 0 Å². The first-order valence-electron chi connectivity index (χ1n) is 13.2. The number of hydrogen-bond acceptors (Lipinski definition) is 5. The quantitative estimate of drug-likeness (QED) is 0.186. The second kappa shape index (κ2) is 14.1. The summed E-state index contributed by atoms with van der Waals surface area (Å²) in [6.45, 7) is 3.41. The lowest BCUT2D eigenvalue weighted by molar-refractivity contribution is -0.242. The summed E-state index contributed by atoms with van der Waals surface area (Å²) in [6.07, 6.45) is -1.27. The van der Waals surface area contributed by atoms with Gasteiger partial charge < -0.3 is 18.9 Å². The molecule has 0 bridgehead atoms. The molecule has 1 aliphatic rings. The van der Waals surface area contributed by atoms with Gasteiger partial charge >= 0.3 is 0 Å². The molecule has 5 rings (SSSR count). The summed E-state index contributed by atoms with van der Waals surface area (Å²) >= 11 is 7.77. The van der Waals surface area contributed by atoms with Crippen LogP contribution in [0.15, 0.2) is 120 Å². The molecule has 1 saturated heterocycles. The highest BCUT2D eigenvalue weighted by Gasteiger charge is 2.47. The van der Waals surface area contributed by atoms with Crippen molar-refractivity contribution in [2.24, 2.45) is 0 Å². The highest BCUT2D eigenvalue weighted by molar-refractivity contribution is 7.99. The minimum atomic E-state index is -0.383. The van der Waals surface area contributed by atoms with Gasteiger partial charge in [0.15, 0.2) is 0 Å². The Balaban J connectivity index is 1.42. The maximum absolute atomic E-state index is 6.66. The van der Waals surface area contributed by atoms with Crippen molar-refractivity contribution in [3.63, 3.8) is 0 Å². The van der Waals surface area contributed by atoms with Gasteiger partial charge in [0.25, 0.3) is 0 Å². The Labute approximate surface area is 240 Å². The Morgan fingerprint density at radius 2 is 1.03 bits per heavy atom. The van der Waals surface area contributed by atoms with E-state index in [1.54, 1.807) is 11.8 Å². The van der Waals surface area contributed by atoms with E-state index in [9.17, 15) is 0 Å². The maximum Gasteiger partial charge on any atom is 0.136 e. The number of rotatable bonds is 11. The molecule has 4 nitrogen and oxygen atoms in total. The molecule has 0 unspecified atom stereocenters. The molecule has 0 spiro atoms. The molecule has 1 heterocycles. The molecule has 6 heteroatoms. The van der Waals surface area contributed by atoms with Crippen LogP contribution in [0.1, 0.15) is 23.6 Å². The van der Waals surface area contributed by atoms with Crippen LogP contribution in [0.3, 0.4) is 0 Å². The molecular formula is C33H33ClO4S. The predicted octanol–water partition coefficient (Wildman–Crippen LogP) is 7.93. The molecule has 0 aliphatic carbocycles. The highest BCUT2D eigenvalue weighted by atomic mass is 35.5. The van der Waals surface area contributed by atoms with Crippen LogP contribution in [-0.2, 0) is 38.8 Å². The van der Waals surface area contributed by atoms with Crippen LogP contribution < -0.4 is 0 Å². The molecule has 1 aliphatic heterocycles. The average Bonchev–Trinajstić information content (AvgIpc) is 2.98.